The highest BCUT2D eigenvalue weighted by Gasteiger charge is 2.22. The minimum absolute atomic E-state index is 0.313. The van der Waals surface area contributed by atoms with Crippen LogP contribution in [0.4, 0.5) is 11.5 Å². The molecule has 0 amide bonds. The predicted molar refractivity (Wildman–Crippen MR) is 112 cm³/mol. The number of anilines is 2. The summed E-state index contributed by atoms with van der Waals surface area (Å²) >= 11 is 1.30. The van der Waals surface area contributed by atoms with E-state index in [2.05, 4.69) is 15.3 Å². The van der Waals surface area contributed by atoms with Gasteiger partial charge in [-0.15, -0.1) is 11.3 Å². The number of carbonyl (C=O) groups is 1. The van der Waals surface area contributed by atoms with Gasteiger partial charge in [0.05, 0.1) is 33.3 Å². The van der Waals surface area contributed by atoms with Crippen LogP contribution in [0.5, 0.6) is 17.2 Å². The van der Waals surface area contributed by atoms with Gasteiger partial charge in [-0.1, -0.05) is 0 Å². The lowest BCUT2D eigenvalue weighted by Crippen LogP contribution is -2.04. The minimum atomic E-state index is -0.357. The molecule has 0 aliphatic rings. The van der Waals surface area contributed by atoms with Gasteiger partial charge >= 0.3 is 5.97 Å². The largest absolute Gasteiger partial charge is 0.493 e. The summed E-state index contributed by atoms with van der Waals surface area (Å²) in [6.45, 7) is 5.76. The molecule has 0 unspecified atom stereocenters. The van der Waals surface area contributed by atoms with E-state index in [0.717, 1.165) is 10.9 Å². The van der Waals surface area contributed by atoms with E-state index in [9.17, 15) is 4.79 Å². The van der Waals surface area contributed by atoms with E-state index < -0.39 is 0 Å². The Labute approximate surface area is 172 Å². The molecule has 0 aliphatic carbocycles. The second-order valence-electron chi connectivity index (χ2n) is 6.12. The molecule has 1 N–H and O–H groups in total. The van der Waals surface area contributed by atoms with Crippen LogP contribution in [-0.2, 0) is 4.74 Å². The van der Waals surface area contributed by atoms with Gasteiger partial charge in [0.2, 0.25) is 5.75 Å². The molecule has 0 fully saturated rings. The zero-order chi connectivity index (χ0) is 21.1. The second kappa shape index (κ2) is 8.52. The van der Waals surface area contributed by atoms with Crippen molar-refractivity contribution in [3.63, 3.8) is 0 Å². The topological polar surface area (TPSA) is 91.8 Å². The molecule has 154 valence electrons. The van der Waals surface area contributed by atoms with Crippen LogP contribution in [0.25, 0.3) is 10.2 Å². The third kappa shape index (κ3) is 3.91. The van der Waals surface area contributed by atoms with Gasteiger partial charge in [0, 0.05) is 17.8 Å². The number of rotatable bonds is 7. The lowest BCUT2D eigenvalue weighted by molar-refractivity contribution is 0.0531. The van der Waals surface area contributed by atoms with Crippen LogP contribution in [0.3, 0.4) is 0 Å². The molecule has 1 aromatic carbocycles. The Morgan fingerprint density at radius 2 is 1.72 bits per heavy atom. The highest BCUT2D eigenvalue weighted by Crippen LogP contribution is 2.42. The molecule has 0 radical (unpaired) electrons. The van der Waals surface area contributed by atoms with E-state index in [1.54, 1.807) is 47.3 Å². The summed E-state index contributed by atoms with van der Waals surface area (Å²) in [5.74, 6) is 2.36. The van der Waals surface area contributed by atoms with Crippen LogP contribution >= 0.6 is 11.3 Å². The van der Waals surface area contributed by atoms with Crippen molar-refractivity contribution in [2.45, 2.75) is 20.8 Å². The fourth-order valence-electron chi connectivity index (χ4n) is 3.02. The molecule has 0 aliphatic heterocycles. The number of nitrogens with one attached hydrogen (secondary N) is 1. The first-order valence-corrected chi connectivity index (χ1v) is 9.77. The molecule has 9 heteroatoms. The Morgan fingerprint density at radius 1 is 1.07 bits per heavy atom. The van der Waals surface area contributed by atoms with E-state index in [-0.39, 0.29) is 5.97 Å². The fraction of sp³-hybridized carbons (Fsp3) is 0.350. The van der Waals surface area contributed by atoms with Gasteiger partial charge in [0.25, 0.3) is 0 Å². The molecular weight excluding hydrogens is 394 g/mol. The summed E-state index contributed by atoms with van der Waals surface area (Å²) in [6.07, 6.45) is 0. The Kier molecular flexibility index (Phi) is 6.07. The lowest BCUT2D eigenvalue weighted by atomic mass is 10.2. The molecular formula is C20H23N3O5S. The number of fused-ring (bicyclic) bond motifs is 1. The molecule has 3 rings (SSSR count). The minimum Gasteiger partial charge on any atom is -0.493 e. The van der Waals surface area contributed by atoms with Crippen molar-refractivity contribution in [1.29, 1.82) is 0 Å². The monoisotopic (exact) mass is 417 g/mol. The van der Waals surface area contributed by atoms with Gasteiger partial charge in [0.1, 0.15) is 21.3 Å². The maximum absolute atomic E-state index is 12.3. The number of benzene rings is 1. The number of esters is 1. The van der Waals surface area contributed by atoms with E-state index in [1.807, 2.05) is 6.92 Å². The molecule has 0 saturated carbocycles. The zero-order valence-electron chi connectivity index (χ0n) is 17.2. The first-order valence-electron chi connectivity index (χ1n) is 8.95. The maximum atomic E-state index is 12.3. The highest BCUT2D eigenvalue weighted by atomic mass is 32.1. The SMILES string of the molecule is CCOC(=O)c1sc2nc(C)nc(Nc3cc(OC)c(OC)c(OC)c3)c2c1C. The number of nitrogens with zero attached hydrogens (tertiary/aromatic N) is 2. The number of hydrogen-bond donors (Lipinski definition) is 1. The summed E-state index contributed by atoms with van der Waals surface area (Å²) in [6, 6.07) is 3.58. The van der Waals surface area contributed by atoms with Crippen molar-refractivity contribution in [2.24, 2.45) is 0 Å². The molecule has 0 spiro atoms. The summed E-state index contributed by atoms with van der Waals surface area (Å²) in [5, 5.41) is 4.08. The van der Waals surface area contributed by atoms with E-state index in [1.165, 1.54) is 11.3 Å². The quantitative estimate of drug-likeness (QED) is 0.570. The van der Waals surface area contributed by atoms with Gasteiger partial charge < -0.3 is 24.3 Å². The van der Waals surface area contributed by atoms with Crippen LogP contribution in [0.2, 0.25) is 0 Å². The highest BCUT2D eigenvalue weighted by molar-refractivity contribution is 7.20. The maximum Gasteiger partial charge on any atom is 0.348 e. The van der Waals surface area contributed by atoms with Crippen molar-refractivity contribution in [3.8, 4) is 17.2 Å². The Hall–Kier alpha value is -3.07. The first-order chi connectivity index (χ1) is 13.9. The summed E-state index contributed by atoms with van der Waals surface area (Å²) < 4.78 is 21.4. The molecule has 29 heavy (non-hydrogen) atoms. The number of hydrogen-bond acceptors (Lipinski definition) is 9. The molecule has 2 heterocycles. The van der Waals surface area contributed by atoms with Crippen LogP contribution in [-0.4, -0.2) is 43.9 Å². The third-order valence-corrected chi connectivity index (χ3v) is 5.46. The van der Waals surface area contributed by atoms with Crippen LogP contribution in [0.15, 0.2) is 12.1 Å². The zero-order valence-corrected chi connectivity index (χ0v) is 18.0. The van der Waals surface area contributed by atoms with Crippen molar-refractivity contribution in [2.75, 3.05) is 33.3 Å². The van der Waals surface area contributed by atoms with Crippen LogP contribution < -0.4 is 19.5 Å². The Bertz CT molecular complexity index is 1040. The molecule has 2 aromatic heterocycles. The van der Waals surface area contributed by atoms with Crippen molar-refractivity contribution >= 4 is 39.0 Å². The van der Waals surface area contributed by atoms with E-state index >= 15 is 0 Å². The Balaban J connectivity index is 2.12. The standard InChI is InChI=1S/C20H23N3O5S/c1-7-28-20(24)17-10(2)15-18(21-11(3)22-19(15)29-17)23-12-8-13(25-4)16(27-6)14(9-12)26-5/h8-9H,7H2,1-6H3,(H,21,22,23). The number of thiophene rings is 1. The van der Waals surface area contributed by atoms with Gasteiger partial charge in [-0.25, -0.2) is 14.8 Å². The van der Waals surface area contributed by atoms with Crippen LogP contribution in [0, 0.1) is 13.8 Å². The second-order valence-corrected chi connectivity index (χ2v) is 7.11. The van der Waals surface area contributed by atoms with Gasteiger partial charge in [0.15, 0.2) is 11.5 Å². The average Bonchev–Trinajstić information content (AvgIpc) is 3.03. The smallest absolute Gasteiger partial charge is 0.348 e. The van der Waals surface area contributed by atoms with Crippen LogP contribution in [0.1, 0.15) is 28.0 Å². The van der Waals surface area contributed by atoms with Crippen molar-refractivity contribution in [3.05, 3.63) is 28.4 Å². The number of carbonyl (C=O) groups excluding carboxylic acids is 1. The summed E-state index contributed by atoms with van der Waals surface area (Å²) in [5.41, 5.74) is 1.47. The molecule has 0 bridgehead atoms. The van der Waals surface area contributed by atoms with Crippen molar-refractivity contribution in [1.82, 2.24) is 9.97 Å². The van der Waals surface area contributed by atoms with Gasteiger partial charge in [-0.05, 0) is 26.3 Å². The normalized spacial score (nSPS) is 10.7. The third-order valence-electron chi connectivity index (χ3n) is 4.29. The molecule has 3 aromatic rings. The lowest BCUT2D eigenvalue weighted by Gasteiger charge is -2.15. The molecule has 0 saturated heterocycles. The summed E-state index contributed by atoms with van der Waals surface area (Å²) in [4.78, 5) is 22.6. The average molecular weight is 417 g/mol. The van der Waals surface area contributed by atoms with Crippen molar-refractivity contribution < 1.29 is 23.7 Å². The Morgan fingerprint density at radius 3 is 2.28 bits per heavy atom. The number of ether oxygens (including phenoxy) is 4. The molecule has 0 atom stereocenters. The van der Waals surface area contributed by atoms with Gasteiger partial charge in [-0.3, -0.25) is 0 Å². The first kappa shape index (κ1) is 20.7. The number of aryl methyl sites for hydroxylation is 2. The summed E-state index contributed by atoms with van der Waals surface area (Å²) in [7, 11) is 4.67. The van der Waals surface area contributed by atoms with E-state index in [4.69, 9.17) is 18.9 Å². The van der Waals surface area contributed by atoms with E-state index in [0.29, 0.717) is 50.9 Å². The van der Waals surface area contributed by atoms with Gasteiger partial charge in [-0.2, -0.15) is 0 Å². The predicted octanol–water partition coefficient (Wildman–Crippen LogP) is 4.25. The molecule has 8 nitrogen and oxygen atoms in total. The number of methoxy groups -OCH3 is 3. The number of aromatic nitrogens is 2. The fourth-order valence-corrected chi connectivity index (χ4v) is 4.14.